The van der Waals surface area contributed by atoms with Gasteiger partial charge in [0.1, 0.15) is 0 Å². The van der Waals surface area contributed by atoms with Crippen LogP contribution >= 0.6 is 15.9 Å². The molecule has 6 nitrogen and oxygen atoms in total. The minimum Gasteiger partial charge on any atom is -0.454 e. The number of carbonyl (C=O) groups excluding carboxylic acids is 1. The number of halogens is 1. The zero-order valence-electron chi connectivity index (χ0n) is 10.1. The number of furan rings is 1. The van der Waals surface area contributed by atoms with Gasteiger partial charge in [0.2, 0.25) is 6.79 Å². The summed E-state index contributed by atoms with van der Waals surface area (Å²) in [7, 11) is 0. The first-order chi connectivity index (χ1) is 9.72. The summed E-state index contributed by atoms with van der Waals surface area (Å²) in [6.45, 7) is 0.222. The molecule has 3 rings (SSSR count). The minimum atomic E-state index is -0.423. The third-order valence-corrected chi connectivity index (χ3v) is 3.00. The molecule has 0 radical (unpaired) electrons. The van der Waals surface area contributed by atoms with Crippen LogP contribution in [0.5, 0.6) is 11.5 Å². The first-order valence-electron chi connectivity index (χ1n) is 5.71. The van der Waals surface area contributed by atoms with E-state index in [1.165, 1.54) is 6.21 Å². The van der Waals surface area contributed by atoms with E-state index in [0.29, 0.717) is 16.2 Å². The lowest BCUT2D eigenvalue weighted by atomic mass is 10.2. The zero-order valence-corrected chi connectivity index (χ0v) is 11.7. The second-order valence-corrected chi connectivity index (χ2v) is 4.70. The van der Waals surface area contributed by atoms with Crippen LogP contribution in [0.1, 0.15) is 16.1 Å². The molecule has 1 aromatic carbocycles. The van der Waals surface area contributed by atoms with Crippen LogP contribution in [-0.4, -0.2) is 18.9 Å². The third kappa shape index (κ3) is 2.67. The van der Waals surface area contributed by atoms with E-state index >= 15 is 0 Å². The number of amides is 1. The quantitative estimate of drug-likeness (QED) is 0.690. The normalized spacial score (nSPS) is 12.8. The monoisotopic (exact) mass is 336 g/mol. The second-order valence-electron chi connectivity index (χ2n) is 3.92. The van der Waals surface area contributed by atoms with E-state index in [4.69, 9.17) is 13.9 Å². The van der Waals surface area contributed by atoms with Crippen LogP contribution in [0.2, 0.25) is 0 Å². The van der Waals surface area contributed by atoms with Crippen molar-refractivity contribution in [3.05, 3.63) is 46.3 Å². The van der Waals surface area contributed by atoms with E-state index in [0.717, 1.165) is 5.56 Å². The fourth-order valence-electron chi connectivity index (χ4n) is 1.65. The molecule has 0 fully saturated rings. The molecule has 7 heteroatoms. The number of benzene rings is 1. The Bertz CT molecular complexity index is 681. The van der Waals surface area contributed by atoms with Crippen LogP contribution in [0.3, 0.4) is 0 Å². The highest BCUT2D eigenvalue weighted by Crippen LogP contribution is 2.31. The van der Waals surface area contributed by atoms with Gasteiger partial charge in [-0.15, -0.1) is 0 Å². The van der Waals surface area contributed by atoms with Gasteiger partial charge in [0.15, 0.2) is 21.9 Å². The number of rotatable bonds is 3. The first kappa shape index (κ1) is 12.7. The summed E-state index contributed by atoms with van der Waals surface area (Å²) in [4.78, 5) is 11.7. The molecular formula is C13H9BrN2O4. The maximum Gasteiger partial charge on any atom is 0.307 e. The van der Waals surface area contributed by atoms with Gasteiger partial charge >= 0.3 is 5.91 Å². The Balaban J connectivity index is 1.64. The summed E-state index contributed by atoms with van der Waals surface area (Å²) in [6, 6.07) is 8.56. The Hall–Kier alpha value is -2.28. The largest absolute Gasteiger partial charge is 0.454 e. The molecule has 1 aliphatic heterocycles. The molecule has 102 valence electrons. The fourth-order valence-corrected chi connectivity index (χ4v) is 1.96. The van der Waals surface area contributed by atoms with Crippen LogP contribution in [-0.2, 0) is 0 Å². The molecule has 0 saturated carbocycles. The molecule has 0 bridgehead atoms. The first-order valence-corrected chi connectivity index (χ1v) is 6.50. The van der Waals surface area contributed by atoms with Gasteiger partial charge in [-0.1, -0.05) is 0 Å². The third-order valence-electron chi connectivity index (χ3n) is 2.57. The van der Waals surface area contributed by atoms with E-state index < -0.39 is 5.91 Å². The van der Waals surface area contributed by atoms with Gasteiger partial charge in [-0.3, -0.25) is 4.79 Å². The Morgan fingerprint density at radius 2 is 2.10 bits per heavy atom. The van der Waals surface area contributed by atoms with Crippen molar-refractivity contribution >= 4 is 28.1 Å². The van der Waals surface area contributed by atoms with Gasteiger partial charge in [0.05, 0.1) is 6.21 Å². The standard InChI is InChI=1S/C13H9BrN2O4/c14-12-4-3-10(20-12)13(17)16-15-6-8-1-2-9-11(5-8)19-7-18-9/h1-6H,7H2,(H,16,17)/b15-6-. The highest BCUT2D eigenvalue weighted by atomic mass is 79.9. The lowest BCUT2D eigenvalue weighted by Gasteiger charge is -1.98. The molecule has 0 atom stereocenters. The van der Waals surface area contributed by atoms with Crippen molar-refractivity contribution in [2.45, 2.75) is 0 Å². The Labute approximate surface area is 122 Å². The average molecular weight is 337 g/mol. The number of ether oxygens (including phenoxy) is 2. The smallest absolute Gasteiger partial charge is 0.307 e. The number of carbonyl (C=O) groups is 1. The molecule has 1 N–H and O–H groups in total. The van der Waals surface area contributed by atoms with Gasteiger partial charge in [-0.25, -0.2) is 5.43 Å². The molecule has 0 saturated heterocycles. The molecular weight excluding hydrogens is 328 g/mol. The van der Waals surface area contributed by atoms with Gasteiger partial charge in [-0.2, -0.15) is 5.10 Å². The second kappa shape index (κ2) is 5.38. The van der Waals surface area contributed by atoms with Crippen molar-refractivity contribution in [3.63, 3.8) is 0 Å². The van der Waals surface area contributed by atoms with Gasteiger partial charge in [0, 0.05) is 0 Å². The van der Waals surface area contributed by atoms with Gasteiger partial charge in [-0.05, 0) is 51.8 Å². The zero-order chi connectivity index (χ0) is 13.9. The number of hydrazone groups is 1. The predicted octanol–water partition coefficient (Wildman–Crippen LogP) is 2.53. The summed E-state index contributed by atoms with van der Waals surface area (Å²) in [5, 5.41) is 3.86. The van der Waals surface area contributed by atoms with Crippen LogP contribution in [0, 0.1) is 0 Å². The highest BCUT2D eigenvalue weighted by molar-refractivity contribution is 9.10. The number of hydrogen-bond donors (Lipinski definition) is 1. The Morgan fingerprint density at radius 3 is 2.90 bits per heavy atom. The fraction of sp³-hybridized carbons (Fsp3) is 0.0769. The highest BCUT2D eigenvalue weighted by Gasteiger charge is 2.12. The van der Waals surface area contributed by atoms with E-state index in [2.05, 4.69) is 26.5 Å². The molecule has 1 amide bonds. The molecule has 0 unspecified atom stereocenters. The molecule has 1 aliphatic rings. The number of nitrogens with zero attached hydrogens (tertiary/aromatic N) is 1. The van der Waals surface area contributed by atoms with Gasteiger partial charge < -0.3 is 13.9 Å². The van der Waals surface area contributed by atoms with Crippen LogP contribution in [0.15, 0.2) is 44.5 Å². The van der Waals surface area contributed by atoms with Crippen LogP contribution < -0.4 is 14.9 Å². The SMILES string of the molecule is O=C(N/N=C\c1ccc2c(c1)OCO2)c1ccc(Br)o1. The van der Waals surface area contributed by atoms with Crippen molar-refractivity contribution < 1.29 is 18.7 Å². The lowest BCUT2D eigenvalue weighted by molar-refractivity contribution is 0.0926. The van der Waals surface area contributed by atoms with E-state index in [1.54, 1.807) is 24.3 Å². The van der Waals surface area contributed by atoms with Gasteiger partial charge in [0.25, 0.3) is 0 Å². The average Bonchev–Trinajstić information content (AvgIpc) is 3.06. The maximum absolute atomic E-state index is 11.7. The lowest BCUT2D eigenvalue weighted by Crippen LogP contribution is -2.16. The molecule has 2 aromatic rings. The van der Waals surface area contributed by atoms with E-state index in [9.17, 15) is 4.79 Å². The Kier molecular flexibility index (Phi) is 3.42. The van der Waals surface area contributed by atoms with Crippen molar-refractivity contribution in [1.82, 2.24) is 5.43 Å². The maximum atomic E-state index is 11.7. The molecule has 0 aliphatic carbocycles. The summed E-state index contributed by atoms with van der Waals surface area (Å²) < 4.78 is 16.0. The summed E-state index contributed by atoms with van der Waals surface area (Å²) >= 11 is 3.12. The van der Waals surface area contributed by atoms with E-state index in [1.807, 2.05) is 6.07 Å². The van der Waals surface area contributed by atoms with Crippen LogP contribution in [0.4, 0.5) is 0 Å². The summed E-state index contributed by atoms with van der Waals surface area (Å²) in [5.41, 5.74) is 3.16. The molecule has 2 heterocycles. The number of fused-ring (bicyclic) bond motifs is 1. The minimum absolute atomic E-state index is 0.180. The van der Waals surface area contributed by atoms with E-state index in [-0.39, 0.29) is 12.6 Å². The topological polar surface area (TPSA) is 73.1 Å². The van der Waals surface area contributed by atoms with Crippen LogP contribution in [0.25, 0.3) is 0 Å². The molecule has 1 aromatic heterocycles. The molecule has 20 heavy (non-hydrogen) atoms. The van der Waals surface area contributed by atoms with Crippen molar-refractivity contribution in [2.75, 3.05) is 6.79 Å². The van der Waals surface area contributed by atoms with Crippen molar-refractivity contribution in [3.8, 4) is 11.5 Å². The predicted molar refractivity (Wildman–Crippen MR) is 74.0 cm³/mol. The Morgan fingerprint density at radius 1 is 1.25 bits per heavy atom. The number of nitrogens with one attached hydrogen (secondary N) is 1. The molecule has 0 spiro atoms. The number of hydrogen-bond acceptors (Lipinski definition) is 5. The summed E-state index contributed by atoms with van der Waals surface area (Å²) in [5.74, 6) is 1.12. The van der Waals surface area contributed by atoms with Crippen molar-refractivity contribution in [2.24, 2.45) is 5.10 Å². The summed E-state index contributed by atoms with van der Waals surface area (Å²) in [6.07, 6.45) is 1.51. The van der Waals surface area contributed by atoms with Crippen molar-refractivity contribution in [1.29, 1.82) is 0 Å².